The Balaban J connectivity index is 2.11. The summed E-state index contributed by atoms with van der Waals surface area (Å²) in [5.74, 6) is -0.365. The number of anilines is 1. The second kappa shape index (κ2) is 6.13. The summed E-state index contributed by atoms with van der Waals surface area (Å²) in [6.07, 6.45) is 1.19. The van der Waals surface area contributed by atoms with Gasteiger partial charge in [0.05, 0.1) is 7.11 Å². The largest absolute Gasteiger partial charge is 0.497 e. The monoisotopic (exact) mass is 342 g/mol. The predicted octanol–water partition coefficient (Wildman–Crippen LogP) is 2.54. The van der Waals surface area contributed by atoms with E-state index in [1.54, 1.807) is 18.2 Å². The molecular weight excluding hydrogens is 328 g/mol. The van der Waals surface area contributed by atoms with Crippen molar-refractivity contribution in [3.05, 3.63) is 22.7 Å². The van der Waals surface area contributed by atoms with Crippen molar-refractivity contribution in [1.82, 2.24) is 4.90 Å². The van der Waals surface area contributed by atoms with Gasteiger partial charge in [0.25, 0.3) is 0 Å². The topological polar surface area (TPSA) is 78.9 Å². The van der Waals surface area contributed by atoms with E-state index in [4.69, 9.17) is 9.84 Å². The molecule has 1 aliphatic rings. The minimum atomic E-state index is -0.968. The van der Waals surface area contributed by atoms with Gasteiger partial charge in [0.15, 0.2) is 0 Å². The number of benzene rings is 1. The minimum Gasteiger partial charge on any atom is -0.497 e. The van der Waals surface area contributed by atoms with Crippen LogP contribution >= 0.6 is 15.9 Å². The van der Waals surface area contributed by atoms with Gasteiger partial charge in [-0.25, -0.2) is 9.59 Å². The number of aliphatic carboxylic acids is 1. The zero-order valence-electron chi connectivity index (χ0n) is 10.9. The van der Waals surface area contributed by atoms with Crippen LogP contribution in [0, 0.1) is 0 Å². The number of hydrogen-bond acceptors (Lipinski definition) is 3. The third kappa shape index (κ3) is 3.22. The zero-order chi connectivity index (χ0) is 14.7. The number of carbonyl (C=O) groups is 2. The molecule has 2 rings (SSSR count). The molecule has 0 radical (unpaired) electrons. The number of urea groups is 1. The van der Waals surface area contributed by atoms with E-state index < -0.39 is 18.0 Å². The van der Waals surface area contributed by atoms with Gasteiger partial charge in [0.2, 0.25) is 0 Å². The van der Waals surface area contributed by atoms with Crippen molar-refractivity contribution in [2.45, 2.75) is 18.9 Å². The number of carbonyl (C=O) groups excluding carboxylic acids is 1. The van der Waals surface area contributed by atoms with Gasteiger partial charge in [-0.3, -0.25) is 0 Å². The number of carboxylic acids is 1. The summed E-state index contributed by atoms with van der Waals surface area (Å²) in [6.45, 7) is 0.452. The van der Waals surface area contributed by atoms with Crippen molar-refractivity contribution in [1.29, 1.82) is 0 Å². The Labute approximate surface area is 124 Å². The number of ether oxygens (including phenoxy) is 1. The molecule has 2 amide bonds. The van der Waals surface area contributed by atoms with Gasteiger partial charge in [0, 0.05) is 22.8 Å². The summed E-state index contributed by atoms with van der Waals surface area (Å²) in [6, 6.07) is 4.02. The molecule has 7 heteroatoms. The fourth-order valence-electron chi connectivity index (χ4n) is 2.21. The number of rotatable bonds is 3. The number of nitrogens with one attached hydrogen (secondary N) is 1. The van der Waals surface area contributed by atoms with Crippen LogP contribution in [0.25, 0.3) is 0 Å². The number of carboxylic acid groups (broad SMARTS) is 1. The lowest BCUT2D eigenvalue weighted by Gasteiger charge is -2.22. The van der Waals surface area contributed by atoms with E-state index >= 15 is 0 Å². The van der Waals surface area contributed by atoms with Crippen LogP contribution in [0.4, 0.5) is 10.5 Å². The van der Waals surface area contributed by atoms with Gasteiger partial charge in [-0.15, -0.1) is 0 Å². The number of halogens is 1. The molecule has 0 aromatic heterocycles. The molecule has 1 heterocycles. The first-order valence-corrected chi connectivity index (χ1v) is 6.95. The Morgan fingerprint density at radius 3 is 2.85 bits per heavy atom. The Hall–Kier alpha value is -1.76. The summed E-state index contributed by atoms with van der Waals surface area (Å²) in [5, 5.41) is 11.8. The van der Waals surface area contributed by atoms with E-state index in [2.05, 4.69) is 21.2 Å². The first-order valence-electron chi connectivity index (χ1n) is 6.16. The molecule has 0 bridgehead atoms. The van der Waals surface area contributed by atoms with E-state index in [9.17, 15) is 9.59 Å². The Morgan fingerprint density at radius 2 is 2.20 bits per heavy atom. The second-order valence-electron chi connectivity index (χ2n) is 4.50. The Morgan fingerprint density at radius 1 is 1.45 bits per heavy atom. The highest BCUT2D eigenvalue weighted by molar-refractivity contribution is 9.10. The van der Waals surface area contributed by atoms with Crippen LogP contribution in [0.3, 0.4) is 0 Å². The molecule has 1 unspecified atom stereocenters. The number of nitrogens with zero attached hydrogens (tertiary/aromatic N) is 1. The van der Waals surface area contributed by atoms with Gasteiger partial charge >= 0.3 is 12.0 Å². The van der Waals surface area contributed by atoms with Gasteiger partial charge in [0.1, 0.15) is 11.8 Å². The molecule has 1 atom stereocenters. The number of methoxy groups -OCH3 is 1. The smallest absolute Gasteiger partial charge is 0.326 e. The molecule has 20 heavy (non-hydrogen) atoms. The quantitative estimate of drug-likeness (QED) is 0.884. The lowest BCUT2D eigenvalue weighted by atomic mass is 10.2. The second-order valence-corrected chi connectivity index (χ2v) is 5.42. The van der Waals surface area contributed by atoms with Crippen LogP contribution in [0.2, 0.25) is 0 Å². The summed E-state index contributed by atoms with van der Waals surface area (Å²) >= 11 is 3.32. The molecule has 1 fully saturated rings. The van der Waals surface area contributed by atoms with Crippen molar-refractivity contribution in [2.75, 3.05) is 19.0 Å². The average Bonchev–Trinajstić information content (AvgIpc) is 2.87. The van der Waals surface area contributed by atoms with Gasteiger partial charge < -0.3 is 20.1 Å². The van der Waals surface area contributed by atoms with Gasteiger partial charge in [-0.05, 0) is 25.0 Å². The molecule has 1 aliphatic heterocycles. The van der Waals surface area contributed by atoms with Crippen LogP contribution in [-0.2, 0) is 4.79 Å². The van der Waals surface area contributed by atoms with Crippen molar-refractivity contribution < 1.29 is 19.4 Å². The standard InChI is InChI=1S/C13H15BrN2O4/c1-20-10-6-8(14)5-9(7-10)15-13(19)16-4-2-3-11(16)12(17)18/h5-7,11H,2-4H2,1H3,(H,15,19)(H,17,18). The molecule has 1 saturated heterocycles. The molecule has 108 valence electrons. The van der Waals surface area contributed by atoms with E-state index in [0.29, 0.717) is 30.8 Å². The zero-order valence-corrected chi connectivity index (χ0v) is 12.5. The summed E-state index contributed by atoms with van der Waals surface area (Å²) in [5.41, 5.74) is 0.553. The summed E-state index contributed by atoms with van der Waals surface area (Å²) in [7, 11) is 1.54. The van der Waals surface area contributed by atoms with Crippen molar-refractivity contribution in [3.63, 3.8) is 0 Å². The highest BCUT2D eigenvalue weighted by atomic mass is 79.9. The fraction of sp³-hybridized carbons (Fsp3) is 0.385. The maximum absolute atomic E-state index is 12.1. The maximum atomic E-state index is 12.1. The Bertz CT molecular complexity index is 535. The van der Waals surface area contributed by atoms with Crippen molar-refractivity contribution >= 4 is 33.6 Å². The van der Waals surface area contributed by atoms with E-state index in [1.807, 2.05) is 0 Å². The van der Waals surface area contributed by atoms with E-state index in [-0.39, 0.29) is 0 Å². The van der Waals surface area contributed by atoms with E-state index in [1.165, 1.54) is 12.0 Å². The Kier molecular flexibility index (Phi) is 4.49. The molecular formula is C13H15BrN2O4. The van der Waals surface area contributed by atoms with Gasteiger partial charge in [-0.2, -0.15) is 0 Å². The summed E-state index contributed by atoms with van der Waals surface area (Å²) < 4.78 is 5.88. The normalized spacial score (nSPS) is 17.9. The summed E-state index contributed by atoms with van der Waals surface area (Å²) in [4.78, 5) is 24.6. The van der Waals surface area contributed by atoms with Crippen molar-refractivity contribution in [3.8, 4) is 5.75 Å². The highest BCUT2D eigenvalue weighted by Crippen LogP contribution is 2.25. The lowest BCUT2D eigenvalue weighted by Crippen LogP contribution is -2.42. The predicted molar refractivity (Wildman–Crippen MR) is 77.1 cm³/mol. The fourth-order valence-corrected chi connectivity index (χ4v) is 2.69. The van der Waals surface area contributed by atoms with Crippen LogP contribution in [-0.4, -0.2) is 41.7 Å². The highest BCUT2D eigenvalue weighted by Gasteiger charge is 2.33. The third-order valence-corrected chi connectivity index (χ3v) is 3.61. The lowest BCUT2D eigenvalue weighted by molar-refractivity contribution is -0.141. The molecule has 1 aromatic rings. The molecule has 0 aliphatic carbocycles. The van der Waals surface area contributed by atoms with Crippen molar-refractivity contribution in [2.24, 2.45) is 0 Å². The number of amides is 2. The van der Waals surface area contributed by atoms with Crippen LogP contribution in [0.15, 0.2) is 22.7 Å². The molecule has 1 aromatic carbocycles. The minimum absolute atomic E-state index is 0.407. The van der Waals surface area contributed by atoms with Gasteiger partial charge in [-0.1, -0.05) is 15.9 Å². The average molecular weight is 343 g/mol. The van der Waals surface area contributed by atoms with E-state index in [0.717, 1.165) is 4.47 Å². The number of hydrogen-bond donors (Lipinski definition) is 2. The first-order chi connectivity index (χ1) is 9.51. The third-order valence-electron chi connectivity index (χ3n) is 3.16. The first kappa shape index (κ1) is 14.6. The molecule has 2 N–H and O–H groups in total. The number of likely N-dealkylation sites (tertiary alicyclic amines) is 1. The van der Waals surface area contributed by atoms with Crippen LogP contribution in [0.5, 0.6) is 5.75 Å². The van der Waals surface area contributed by atoms with Crippen LogP contribution < -0.4 is 10.1 Å². The maximum Gasteiger partial charge on any atom is 0.326 e. The molecule has 6 nitrogen and oxygen atoms in total. The SMILES string of the molecule is COc1cc(Br)cc(NC(=O)N2CCCC2C(=O)O)c1. The molecule has 0 saturated carbocycles. The molecule has 0 spiro atoms. The van der Waals surface area contributed by atoms with Crippen LogP contribution in [0.1, 0.15) is 12.8 Å².